The number of benzene rings is 1. The number of hydrogen-bond acceptors (Lipinski definition) is 3. The molecule has 1 aliphatic carbocycles. The summed E-state index contributed by atoms with van der Waals surface area (Å²) in [7, 11) is 1.93. The summed E-state index contributed by atoms with van der Waals surface area (Å²) in [6.07, 6.45) is 3.60. The van der Waals surface area contributed by atoms with Crippen LogP contribution in [0.4, 0.5) is 4.39 Å². The second-order valence-corrected chi connectivity index (χ2v) is 5.78. The molecule has 110 valence electrons. The lowest BCUT2D eigenvalue weighted by molar-refractivity contribution is 0.258. The first-order valence-electron chi connectivity index (χ1n) is 6.85. The maximum absolute atomic E-state index is 13.9. The molecule has 1 fully saturated rings. The van der Waals surface area contributed by atoms with Gasteiger partial charge in [-0.1, -0.05) is 23.7 Å². The van der Waals surface area contributed by atoms with Gasteiger partial charge in [0.05, 0.1) is 11.7 Å². The molecule has 0 amide bonds. The van der Waals surface area contributed by atoms with E-state index in [2.05, 4.69) is 10.3 Å². The summed E-state index contributed by atoms with van der Waals surface area (Å²) in [5.74, 6) is 0.0345. The van der Waals surface area contributed by atoms with E-state index in [1.165, 1.54) is 6.20 Å². The molecule has 3 rings (SSSR count). The number of nitrogens with zero attached hydrogens (tertiary/aromatic N) is 1. The predicted octanol–water partition coefficient (Wildman–Crippen LogP) is 3.67. The van der Waals surface area contributed by atoms with Gasteiger partial charge >= 0.3 is 0 Å². The SMILES string of the molecule is CNC1(COc2cnc(F)c(-c3cccc(Cl)c3)c2)CC1. The van der Waals surface area contributed by atoms with E-state index in [-0.39, 0.29) is 5.54 Å². The Kier molecular flexibility index (Phi) is 3.83. The van der Waals surface area contributed by atoms with Gasteiger partial charge in [0, 0.05) is 10.6 Å². The Labute approximate surface area is 128 Å². The van der Waals surface area contributed by atoms with Crippen LogP contribution in [0.25, 0.3) is 11.1 Å². The van der Waals surface area contributed by atoms with Crippen molar-refractivity contribution < 1.29 is 9.13 Å². The molecule has 0 bridgehead atoms. The summed E-state index contributed by atoms with van der Waals surface area (Å²) in [5.41, 5.74) is 1.15. The lowest BCUT2D eigenvalue weighted by atomic mass is 10.1. The molecule has 0 radical (unpaired) electrons. The highest BCUT2D eigenvalue weighted by molar-refractivity contribution is 6.30. The molecule has 0 aliphatic heterocycles. The first-order valence-corrected chi connectivity index (χ1v) is 7.23. The van der Waals surface area contributed by atoms with Gasteiger partial charge in [0.15, 0.2) is 0 Å². The van der Waals surface area contributed by atoms with E-state index in [1.807, 2.05) is 7.05 Å². The second kappa shape index (κ2) is 5.62. The maximum Gasteiger partial charge on any atom is 0.220 e. The highest BCUT2D eigenvalue weighted by Gasteiger charge is 2.41. The van der Waals surface area contributed by atoms with E-state index in [0.717, 1.165) is 12.8 Å². The topological polar surface area (TPSA) is 34.1 Å². The second-order valence-electron chi connectivity index (χ2n) is 5.34. The molecule has 1 aliphatic rings. The van der Waals surface area contributed by atoms with E-state index in [0.29, 0.717) is 28.5 Å². The fourth-order valence-electron chi connectivity index (χ4n) is 2.21. The predicted molar refractivity (Wildman–Crippen MR) is 81.2 cm³/mol. The molecular weight excluding hydrogens is 291 g/mol. The first kappa shape index (κ1) is 14.3. The van der Waals surface area contributed by atoms with E-state index < -0.39 is 5.95 Å². The average molecular weight is 307 g/mol. The molecular formula is C16H16ClFN2O. The normalized spacial score (nSPS) is 15.8. The number of halogens is 2. The number of rotatable bonds is 5. The molecule has 1 N–H and O–H groups in total. The Morgan fingerprint density at radius 1 is 1.38 bits per heavy atom. The van der Waals surface area contributed by atoms with Crippen molar-refractivity contribution in [3.63, 3.8) is 0 Å². The number of likely N-dealkylation sites (N-methyl/N-ethyl adjacent to an activating group) is 1. The van der Waals surface area contributed by atoms with Crippen LogP contribution in [0.15, 0.2) is 36.5 Å². The van der Waals surface area contributed by atoms with Crippen molar-refractivity contribution in [3.05, 3.63) is 47.5 Å². The van der Waals surface area contributed by atoms with Crippen molar-refractivity contribution in [2.75, 3.05) is 13.7 Å². The van der Waals surface area contributed by atoms with Gasteiger partial charge in [-0.05, 0) is 43.7 Å². The third kappa shape index (κ3) is 3.17. The zero-order valence-corrected chi connectivity index (χ0v) is 12.5. The molecule has 1 heterocycles. The standard InChI is InChI=1S/C16H16ClFN2O/c1-19-16(5-6-16)10-21-13-8-14(15(18)20-9-13)11-3-2-4-12(17)7-11/h2-4,7-9,19H,5-6,10H2,1H3. The molecule has 0 spiro atoms. The van der Waals surface area contributed by atoms with Gasteiger partial charge in [-0.3, -0.25) is 0 Å². The smallest absolute Gasteiger partial charge is 0.220 e. The highest BCUT2D eigenvalue weighted by atomic mass is 35.5. The van der Waals surface area contributed by atoms with Crippen LogP contribution in [-0.4, -0.2) is 24.2 Å². The zero-order valence-electron chi connectivity index (χ0n) is 11.7. The van der Waals surface area contributed by atoms with Crippen LogP contribution in [0, 0.1) is 5.95 Å². The van der Waals surface area contributed by atoms with Crippen molar-refractivity contribution in [2.24, 2.45) is 0 Å². The molecule has 21 heavy (non-hydrogen) atoms. The summed E-state index contributed by atoms with van der Waals surface area (Å²) >= 11 is 5.95. The van der Waals surface area contributed by atoms with Gasteiger partial charge in [0.25, 0.3) is 0 Å². The minimum absolute atomic E-state index is 0.0740. The Balaban J connectivity index is 1.83. The average Bonchev–Trinajstić information content (AvgIpc) is 3.27. The van der Waals surface area contributed by atoms with E-state index in [4.69, 9.17) is 16.3 Å². The number of aromatic nitrogens is 1. The zero-order chi connectivity index (χ0) is 14.9. The number of pyridine rings is 1. The Morgan fingerprint density at radius 3 is 2.86 bits per heavy atom. The lowest BCUT2D eigenvalue weighted by Gasteiger charge is -2.15. The van der Waals surface area contributed by atoms with Crippen LogP contribution in [-0.2, 0) is 0 Å². The summed E-state index contributed by atoms with van der Waals surface area (Å²) in [4.78, 5) is 3.78. The van der Waals surface area contributed by atoms with Crippen LogP contribution < -0.4 is 10.1 Å². The molecule has 0 saturated heterocycles. The summed E-state index contributed by atoms with van der Waals surface area (Å²) < 4.78 is 19.7. The van der Waals surface area contributed by atoms with Gasteiger partial charge in [-0.25, -0.2) is 4.98 Å². The van der Waals surface area contributed by atoms with Crippen molar-refractivity contribution in [2.45, 2.75) is 18.4 Å². The van der Waals surface area contributed by atoms with E-state index in [1.54, 1.807) is 30.3 Å². The molecule has 1 aromatic carbocycles. The largest absolute Gasteiger partial charge is 0.490 e. The van der Waals surface area contributed by atoms with Crippen LogP contribution in [0.3, 0.4) is 0 Å². The number of ether oxygens (including phenoxy) is 1. The third-order valence-electron chi connectivity index (χ3n) is 3.85. The van der Waals surface area contributed by atoms with Crippen molar-refractivity contribution in [1.82, 2.24) is 10.3 Å². The van der Waals surface area contributed by atoms with Gasteiger partial charge < -0.3 is 10.1 Å². The minimum atomic E-state index is -0.528. The third-order valence-corrected chi connectivity index (χ3v) is 4.08. The lowest BCUT2D eigenvalue weighted by Crippen LogP contribution is -2.33. The monoisotopic (exact) mass is 306 g/mol. The maximum atomic E-state index is 13.9. The molecule has 0 atom stereocenters. The molecule has 3 nitrogen and oxygen atoms in total. The van der Waals surface area contributed by atoms with Gasteiger partial charge in [-0.2, -0.15) is 4.39 Å². The van der Waals surface area contributed by atoms with Crippen LogP contribution in [0.1, 0.15) is 12.8 Å². The molecule has 1 aromatic heterocycles. The number of hydrogen-bond donors (Lipinski definition) is 1. The van der Waals surface area contributed by atoms with Gasteiger partial charge in [-0.15, -0.1) is 0 Å². The Morgan fingerprint density at radius 2 is 2.19 bits per heavy atom. The van der Waals surface area contributed by atoms with Crippen molar-refractivity contribution >= 4 is 11.6 Å². The van der Waals surface area contributed by atoms with E-state index >= 15 is 0 Å². The van der Waals surface area contributed by atoms with Gasteiger partial charge in [0.2, 0.25) is 5.95 Å². The van der Waals surface area contributed by atoms with Gasteiger partial charge in [0.1, 0.15) is 12.4 Å². The molecule has 5 heteroatoms. The minimum Gasteiger partial charge on any atom is -0.490 e. The van der Waals surface area contributed by atoms with E-state index in [9.17, 15) is 4.39 Å². The van der Waals surface area contributed by atoms with Crippen LogP contribution in [0.2, 0.25) is 5.02 Å². The van der Waals surface area contributed by atoms with Crippen molar-refractivity contribution in [3.8, 4) is 16.9 Å². The Hall–Kier alpha value is -1.65. The van der Waals surface area contributed by atoms with Crippen LogP contribution in [0.5, 0.6) is 5.75 Å². The fraction of sp³-hybridized carbons (Fsp3) is 0.312. The highest BCUT2D eigenvalue weighted by Crippen LogP contribution is 2.35. The number of nitrogens with one attached hydrogen (secondary N) is 1. The molecule has 0 unspecified atom stereocenters. The summed E-state index contributed by atoms with van der Waals surface area (Å²) in [6.45, 7) is 0.561. The first-order chi connectivity index (χ1) is 10.1. The van der Waals surface area contributed by atoms with Crippen molar-refractivity contribution in [1.29, 1.82) is 0 Å². The Bertz CT molecular complexity index is 658. The fourth-order valence-corrected chi connectivity index (χ4v) is 2.40. The van der Waals surface area contributed by atoms with Crippen LogP contribution >= 0.6 is 11.6 Å². The quantitative estimate of drug-likeness (QED) is 0.856. The molecule has 1 saturated carbocycles. The molecule has 2 aromatic rings. The summed E-state index contributed by atoms with van der Waals surface area (Å²) in [6, 6.07) is 8.71. The summed E-state index contributed by atoms with van der Waals surface area (Å²) in [5, 5.41) is 3.81.